The van der Waals surface area contributed by atoms with Crippen molar-refractivity contribution in [2.45, 2.75) is 6.92 Å². The third-order valence-electron chi connectivity index (χ3n) is 4.67. The number of benzene rings is 2. The fourth-order valence-corrected chi connectivity index (χ4v) is 5.09. The summed E-state index contributed by atoms with van der Waals surface area (Å²) in [6, 6.07) is 10.7. The number of carbonyl (C=O) groups is 1. The van der Waals surface area contributed by atoms with Crippen LogP contribution in [0.2, 0.25) is 5.02 Å². The molecule has 0 saturated heterocycles. The van der Waals surface area contributed by atoms with Gasteiger partial charge in [-0.3, -0.25) is 4.79 Å². The SMILES string of the molecule is C=CC(=O)Nc1ccc(OC)c(Nc2ncc(Cl)c(Nc3cccc(C)c3P(C)(C)=O)n2)c1. The molecule has 0 atom stereocenters. The molecule has 2 aromatic carbocycles. The van der Waals surface area contributed by atoms with Gasteiger partial charge < -0.3 is 25.3 Å². The van der Waals surface area contributed by atoms with E-state index in [2.05, 4.69) is 32.5 Å². The predicted octanol–water partition coefficient (Wildman–Crippen LogP) is 5.31. The summed E-state index contributed by atoms with van der Waals surface area (Å²) in [6.07, 6.45) is 2.64. The van der Waals surface area contributed by atoms with Gasteiger partial charge in [0.1, 0.15) is 17.9 Å². The van der Waals surface area contributed by atoms with Crippen molar-refractivity contribution in [3.63, 3.8) is 0 Å². The van der Waals surface area contributed by atoms with Crippen LogP contribution in [0, 0.1) is 6.92 Å². The molecule has 1 heterocycles. The first kappa shape index (κ1) is 24.3. The molecule has 0 spiro atoms. The van der Waals surface area contributed by atoms with Crippen molar-refractivity contribution < 1.29 is 14.1 Å². The van der Waals surface area contributed by atoms with Crippen molar-refractivity contribution in [1.29, 1.82) is 0 Å². The van der Waals surface area contributed by atoms with Gasteiger partial charge in [0.25, 0.3) is 0 Å². The first-order chi connectivity index (χ1) is 15.6. The van der Waals surface area contributed by atoms with Crippen LogP contribution in [0.4, 0.5) is 28.8 Å². The number of aryl methyl sites for hydroxylation is 1. The summed E-state index contributed by atoms with van der Waals surface area (Å²) in [4.78, 5) is 20.4. The number of carbonyl (C=O) groups excluding carboxylic acids is 1. The molecule has 0 bridgehead atoms. The average Bonchev–Trinajstić information content (AvgIpc) is 2.75. The van der Waals surface area contributed by atoms with Gasteiger partial charge in [-0.05, 0) is 56.2 Å². The van der Waals surface area contributed by atoms with E-state index >= 15 is 0 Å². The van der Waals surface area contributed by atoms with E-state index in [0.717, 1.165) is 10.9 Å². The van der Waals surface area contributed by atoms with Crippen LogP contribution in [0.3, 0.4) is 0 Å². The molecule has 1 amide bonds. The van der Waals surface area contributed by atoms with Crippen molar-refractivity contribution in [2.75, 3.05) is 36.4 Å². The van der Waals surface area contributed by atoms with E-state index in [0.29, 0.717) is 33.7 Å². The lowest BCUT2D eigenvalue weighted by molar-refractivity contribution is -0.111. The largest absolute Gasteiger partial charge is 0.495 e. The molecule has 0 unspecified atom stereocenters. The number of hydrogen-bond donors (Lipinski definition) is 3. The van der Waals surface area contributed by atoms with Crippen LogP contribution in [-0.2, 0) is 9.36 Å². The molecule has 0 saturated carbocycles. The zero-order valence-electron chi connectivity index (χ0n) is 18.8. The smallest absolute Gasteiger partial charge is 0.247 e. The molecular weight excluding hydrogens is 461 g/mol. The second kappa shape index (κ2) is 10.1. The predicted molar refractivity (Wildman–Crippen MR) is 136 cm³/mol. The minimum Gasteiger partial charge on any atom is -0.495 e. The summed E-state index contributed by atoms with van der Waals surface area (Å²) < 4.78 is 18.3. The Hall–Kier alpha value is -3.35. The fraction of sp³-hybridized carbons (Fsp3) is 0.174. The molecule has 0 radical (unpaired) electrons. The number of amides is 1. The van der Waals surface area contributed by atoms with Crippen molar-refractivity contribution in [3.8, 4) is 5.75 Å². The maximum atomic E-state index is 12.9. The van der Waals surface area contributed by atoms with Gasteiger partial charge in [-0.15, -0.1) is 0 Å². The summed E-state index contributed by atoms with van der Waals surface area (Å²) in [6.45, 7) is 8.81. The number of rotatable bonds is 8. The van der Waals surface area contributed by atoms with Crippen LogP contribution in [0.5, 0.6) is 5.75 Å². The van der Waals surface area contributed by atoms with E-state index in [1.165, 1.54) is 19.4 Å². The number of halogens is 1. The van der Waals surface area contributed by atoms with Crippen molar-refractivity contribution in [2.24, 2.45) is 0 Å². The third-order valence-corrected chi connectivity index (χ3v) is 6.62. The second-order valence-corrected chi connectivity index (χ2v) is 11.1. The Morgan fingerprint density at radius 1 is 1.18 bits per heavy atom. The summed E-state index contributed by atoms with van der Waals surface area (Å²) in [7, 11) is -1.03. The van der Waals surface area contributed by atoms with Crippen molar-refractivity contribution >= 4 is 58.8 Å². The lowest BCUT2D eigenvalue weighted by Gasteiger charge is -2.18. The summed E-state index contributed by atoms with van der Waals surface area (Å²) in [5.41, 5.74) is 2.67. The zero-order chi connectivity index (χ0) is 24.2. The number of anilines is 5. The Labute approximate surface area is 197 Å². The highest BCUT2D eigenvalue weighted by Crippen LogP contribution is 2.40. The summed E-state index contributed by atoms with van der Waals surface area (Å²) in [5.74, 6) is 0.791. The van der Waals surface area contributed by atoms with Crippen LogP contribution in [-0.4, -0.2) is 36.3 Å². The molecule has 0 aliphatic carbocycles. The number of nitrogens with one attached hydrogen (secondary N) is 3. The van der Waals surface area contributed by atoms with Gasteiger partial charge in [-0.2, -0.15) is 4.98 Å². The fourth-order valence-electron chi connectivity index (χ4n) is 3.31. The maximum Gasteiger partial charge on any atom is 0.247 e. The summed E-state index contributed by atoms with van der Waals surface area (Å²) >= 11 is 6.35. The highest BCUT2D eigenvalue weighted by atomic mass is 35.5. The van der Waals surface area contributed by atoms with Gasteiger partial charge >= 0.3 is 0 Å². The topological polar surface area (TPSA) is 105 Å². The Morgan fingerprint density at radius 2 is 1.94 bits per heavy atom. The molecule has 0 aliphatic rings. The first-order valence-electron chi connectivity index (χ1n) is 9.95. The van der Waals surface area contributed by atoms with Crippen molar-refractivity contribution in [1.82, 2.24) is 9.97 Å². The number of nitrogens with zero attached hydrogens (tertiary/aromatic N) is 2. The first-order valence-corrected chi connectivity index (χ1v) is 12.9. The normalized spacial score (nSPS) is 10.9. The second-order valence-electron chi connectivity index (χ2n) is 7.57. The van der Waals surface area contributed by atoms with Crippen LogP contribution >= 0.6 is 18.7 Å². The quantitative estimate of drug-likeness (QED) is 0.293. The van der Waals surface area contributed by atoms with E-state index in [1.807, 2.05) is 25.1 Å². The van der Waals surface area contributed by atoms with E-state index in [1.54, 1.807) is 31.5 Å². The molecule has 0 fully saturated rings. The van der Waals surface area contributed by atoms with Crippen LogP contribution in [0.25, 0.3) is 0 Å². The molecule has 0 aliphatic heterocycles. The third kappa shape index (κ3) is 5.92. The molecule has 172 valence electrons. The molecule has 3 N–H and O–H groups in total. The van der Waals surface area contributed by atoms with Crippen LogP contribution in [0.15, 0.2) is 55.3 Å². The lowest BCUT2D eigenvalue weighted by atomic mass is 10.2. The van der Waals surface area contributed by atoms with Gasteiger partial charge in [0.15, 0.2) is 5.82 Å². The van der Waals surface area contributed by atoms with Gasteiger partial charge in [0, 0.05) is 11.0 Å². The highest BCUT2D eigenvalue weighted by Gasteiger charge is 2.20. The van der Waals surface area contributed by atoms with E-state index < -0.39 is 7.14 Å². The van der Waals surface area contributed by atoms with Crippen LogP contribution in [0.1, 0.15) is 5.56 Å². The van der Waals surface area contributed by atoms with Crippen molar-refractivity contribution in [3.05, 3.63) is 65.8 Å². The Morgan fingerprint density at radius 3 is 2.61 bits per heavy atom. The minimum atomic E-state index is -2.57. The molecule has 3 rings (SSSR count). The van der Waals surface area contributed by atoms with E-state index in [9.17, 15) is 9.36 Å². The number of aromatic nitrogens is 2. The Bertz CT molecular complexity index is 1260. The zero-order valence-corrected chi connectivity index (χ0v) is 20.4. The number of hydrogen-bond acceptors (Lipinski definition) is 7. The minimum absolute atomic E-state index is 0.248. The molecule has 33 heavy (non-hydrogen) atoms. The molecule has 8 nitrogen and oxygen atoms in total. The van der Waals surface area contributed by atoms with E-state index in [-0.39, 0.29) is 11.9 Å². The highest BCUT2D eigenvalue weighted by molar-refractivity contribution is 7.70. The maximum absolute atomic E-state index is 12.9. The van der Waals surface area contributed by atoms with Gasteiger partial charge in [-0.1, -0.05) is 30.3 Å². The van der Waals surface area contributed by atoms with Gasteiger partial charge in [-0.25, -0.2) is 4.98 Å². The van der Waals surface area contributed by atoms with E-state index in [4.69, 9.17) is 16.3 Å². The lowest BCUT2D eigenvalue weighted by Crippen LogP contribution is -2.14. The molecule has 3 aromatic rings. The van der Waals surface area contributed by atoms with Gasteiger partial charge in [0.2, 0.25) is 11.9 Å². The monoisotopic (exact) mass is 485 g/mol. The number of ether oxygens (including phenoxy) is 1. The van der Waals surface area contributed by atoms with Crippen LogP contribution < -0.4 is 26.0 Å². The van der Waals surface area contributed by atoms with Gasteiger partial charge in [0.05, 0.1) is 24.7 Å². The Kier molecular flexibility index (Phi) is 7.41. The molecule has 10 heteroatoms. The molecular formula is C23H25ClN5O3P. The average molecular weight is 486 g/mol. The standard InChI is InChI=1S/C23H25ClN5O3P/c1-6-20(30)26-15-10-11-19(32-3)18(12-15)28-23-25-13-16(24)22(29-23)27-17-9-7-8-14(2)21(17)33(4,5)31/h6-13H,1H2,2-5H3,(H,26,30)(H2,25,27,28,29). The summed E-state index contributed by atoms with van der Waals surface area (Å²) in [5, 5.41) is 10.0. The number of methoxy groups -OCH3 is 1. The molecule has 1 aromatic heterocycles. The Balaban J connectivity index is 1.95.